The molecule has 6 heteroatoms. The van der Waals surface area contributed by atoms with E-state index in [1.54, 1.807) is 24.3 Å². The summed E-state index contributed by atoms with van der Waals surface area (Å²) < 4.78 is 1.83. The molecule has 3 rings (SSSR count). The summed E-state index contributed by atoms with van der Waals surface area (Å²) in [4.78, 5) is 16.5. The predicted octanol–water partition coefficient (Wildman–Crippen LogP) is 2.20. The van der Waals surface area contributed by atoms with Gasteiger partial charge < -0.3 is 9.67 Å². The lowest BCUT2D eigenvalue weighted by molar-refractivity contribution is -0.121. The second-order valence-corrected chi connectivity index (χ2v) is 5.09. The van der Waals surface area contributed by atoms with Crippen LogP contribution in [0, 0.1) is 6.92 Å². The molecule has 0 saturated heterocycles. The first kappa shape index (κ1) is 14.8. The van der Waals surface area contributed by atoms with Crippen LogP contribution in [-0.4, -0.2) is 26.8 Å². The summed E-state index contributed by atoms with van der Waals surface area (Å²) in [6.45, 7) is 1.99. The smallest absolute Gasteiger partial charge is 0.260 e. The van der Waals surface area contributed by atoms with Crippen LogP contribution in [0.5, 0.6) is 5.75 Å². The van der Waals surface area contributed by atoms with Gasteiger partial charge in [-0.25, -0.2) is 10.4 Å². The average Bonchev–Trinajstić information content (AvgIpc) is 2.85. The summed E-state index contributed by atoms with van der Waals surface area (Å²) >= 11 is 0. The fourth-order valence-electron chi connectivity index (χ4n) is 2.35. The zero-order valence-electron chi connectivity index (χ0n) is 12.6. The molecule has 0 radical (unpaired) electrons. The maximum Gasteiger partial charge on any atom is 0.260 e. The Hall–Kier alpha value is -3.15. The normalized spacial score (nSPS) is 11.2. The minimum absolute atomic E-state index is 0.113. The molecule has 23 heavy (non-hydrogen) atoms. The second-order valence-electron chi connectivity index (χ2n) is 5.09. The van der Waals surface area contributed by atoms with Crippen molar-refractivity contribution in [1.29, 1.82) is 0 Å². The molecule has 3 aromatic rings. The van der Waals surface area contributed by atoms with E-state index in [0.717, 1.165) is 16.9 Å². The van der Waals surface area contributed by atoms with Gasteiger partial charge in [-0.05, 0) is 31.2 Å². The van der Waals surface area contributed by atoms with Crippen LogP contribution in [0.1, 0.15) is 11.4 Å². The van der Waals surface area contributed by atoms with E-state index in [1.165, 1.54) is 6.21 Å². The maximum atomic E-state index is 12.0. The lowest BCUT2D eigenvalue weighted by Gasteiger charge is -2.05. The number of nitrogens with zero attached hydrogens (tertiary/aromatic N) is 3. The summed E-state index contributed by atoms with van der Waals surface area (Å²) in [5.41, 5.74) is 4.76. The average molecular weight is 308 g/mol. The highest BCUT2D eigenvalue weighted by molar-refractivity contribution is 5.85. The van der Waals surface area contributed by atoms with Crippen LogP contribution in [0.3, 0.4) is 0 Å². The van der Waals surface area contributed by atoms with Gasteiger partial charge in [0.2, 0.25) is 0 Å². The first-order valence-electron chi connectivity index (χ1n) is 7.17. The Bertz CT molecular complexity index is 883. The Morgan fingerprint density at radius 1 is 1.26 bits per heavy atom. The number of phenols is 1. The van der Waals surface area contributed by atoms with E-state index in [9.17, 15) is 9.90 Å². The van der Waals surface area contributed by atoms with Crippen LogP contribution < -0.4 is 5.43 Å². The van der Waals surface area contributed by atoms with Crippen molar-refractivity contribution < 1.29 is 9.90 Å². The molecule has 2 aromatic carbocycles. The van der Waals surface area contributed by atoms with Gasteiger partial charge >= 0.3 is 0 Å². The molecular weight excluding hydrogens is 292 g/mol. The highest BCUT2D eigenvalue weighted by atomic mass is 16.3. The predicted molar refractivity (Wildman–Crippen MR) is 88.3 cm³/mol. The number of hydrogen-bond donors (Lipinski definition) is 2. The van der Waals surface area contributed by atoms with Crippen LogP contribution in [-0.2, 0) is 11.3 Å². The van der Waals surface area contributed by atoms with Gasteiger partial charge in [0.05, 0.1) is 17.2 Å². The number of para-hydroxylation sites is 3. The lowest BCUT2D eigenvalue weighted by atomic mass is 10.2. The molecule has 0 saturated carbocycles. The molecule has 6 nitrogen and oxygen atoms in total. The van der Waals surface area contributed by atoms with Gasteiger partial charge in [0, 0.05) is 5.56 Å². The Kier molecular flexibility index (Phi) is 4.05. The number of amides is 1. The highest BCUT2D eigenvalue weighted by Crippen LogP contribution is 2.15. The molecule has 0 fully saturated rings. The van der Waals surface area contributed by atoms with Crippen LogP contribution in [0.4, 0.5) is 0 Å². The van der Waals surface area contributed by atoms with E-state index in [4.69, 9.17) is 0 Å². The van der Waals surface area contributed by atoms with Gasteiger partial charge in [-0.3, -0.25) is 4.79 Å². The van der Waals surface area contributed by atoms with Gasteiger partial charge in [0.15, 0.2) is 0 Å². The summed E-state index contributed by atoms with van der Waals surface area (Å²) in [5.74, 6) is 0.621. The molecule has 0 spiro atoms. The number of aryl methyl sites for hydroxylation is 1. The molecule has 0 atom stereocenters. The Morgan fingerprint density at radius 2 is 2.00 bits per heavy atom. The minimum atomic E-state index is -0.261. The SMILES string of the molecule is Cc1nc2ccccc2n1CC(=O)N/N=C/c1ccccc1O. The fraction of sp³-hybridized carbons (Fsp3) is 0.118. The zero-order valence-corrected chi connectivity index (χ0v) is 12.6. The van der Waals surface area contributed by atoms with Crippen LogP contribution in [0.15, 0.2) is 53.6 Å². The van der Waals surface area contributed by atoms with Gasteiger partial charge in [-0.2, -0.15) is 5.10 Å². The summed E-state index contributed by atoms with van der Waals surface area (Å²) in [5, 5.41) is 13.5. The lowest BCUT2D eigenvalue weighted by Crippen LogP contribution is -2.23. The van der Waals surface area contributed by atoms with E-state index in [2.05, 4.69) is 15.5 Å². The number of aromatic hydroxyl groups is 1. The molecule has 116 valence electrons. The number of fused-ring (bicyclic) bond motifs is 1. The van der Waals surface area contributed by atoms with Crippen LogP contribution in [0.25, 0.3) is 11.0 Å². The third kappa shape index (κ3) is 3.21. The molecule has 0 unspecified atom stereocenters. The van der Waals surface area contributed by atoms with Crippen molar-refractivity contribution in [3.05, 3.63) is 59.9 Å². The van der Waals surface area contributed by atoms with E-state index in [-0.39, 0.29) is 18.2 Å². The number of hydrogen-bond acceptors (Lipinski definition) is 4. The number of imidazole rings is 1. The van der Waals surface area contributed by atoms with E-state index in [0.29, 0.717) is 5.56 Å². The summed E-state index contributed by atoms with van der Waals surface area (Å²) in [6, 6.07) is 14.4. The maximum absolute atomic E-state index is 12.0. The van der Waals surface area contributed by atoms with Crippen molar-refractivity contribution in [2.75, 3.05) is 0 Å². The molecule has 0 aliphatic carbocycles. The van der Waals surface area contributed by atoms with Crippen LogP contribution >= 0.6 is 0 Å². The number of aromatic nitrogens is 2. The van der Waals surface area contributed by atoms with Crippen molar-refractivity contribution in [2.24, 2.45) is 5.10 Å². The van der Waals surface area contributed by atoms with Crippen molar-refractivity contribution in [3.8, 4) is 5.75 Å². The molecule has 0 bridgehead atoms. The topological polar surface area (TPSA) is 79.5 Å². The molecule has 1 amide bonds. The Labute approximate surface area is 133 Å². The Morgan fingerprint density at radius 3 is 2.83 bits per heavy atom. The standard InChI is InChI=1S/C17H16N4O2/c1-12-19-14-7-3-4-8-15(14)21(12)11-17(23)20-18-10-13-6-2-5-9-16(13)22/h2-10,22H,11H2,1H3,(H,20,23)/b18-10+. The van der Waals surface area contributed by atoms with E-state index in [1.807, 2.05) is 35.8 Å². The number of carbonyl (C=O) groups excluding carboxylic acids is 1. The molecular formula is C17H16N4O2. The minimum Gasteiger partial charge on any atom is -0.507 e. The number of benzene rings is 2. The molecule has 1 aromatic heterocycles. The quantitative estimate of drug-likeness (QED) is 0.573. The first-order chi connectivity index (χ1) is 11.1. The van der Waals surface area contributed by atoms with Gasteiger partial charge in [-0.1, -0.05) is 24.3 Å². The number of phenolic OH excluding ortho intramolecular Hbond substituents is 1. The number of carbonyl (C=O) groups is 1. The van der Waals surface area contributed by atoms with Gasteiger partial charge in [0.1, 0.15) is 18.1 Å². The molecule has 1 heterocycles. The number of rotatable bonds is 4. The van der Waals surface area contributed by atoms with Crippen molar-refractivity contribution >= 4 is 23.2 Å². The third-order valence-electron chi connectivity index (χ3n) is 3.48. The highest BCUT2D eigenvalue weighted by Gasteiger charge is 2.09. The summed E-state index contributed by atoms with van der Waals surface area (Å²) in [7, 11) is 0. The van der Waals surface area contributed by atoms with Crippen molar-refractivity contribution in [3.63, 3.8) is 0 Å². The molecule has 0 aliphatic rings. The fourth-order valence-corrected chi connectivity index (χ4v) is 2.35. The largest absolute Gasteiger partial charge is 0.507 e. The second kappa shape index (κ2) is 6.31. The molecule has 0 aliphatic heterocycles. The summed E-state index contributed by atoms with van der Waals surface area (Å²) in [6.07, 6.45) is 1.41. The van der Waals surface area contributed by atoms with Crippen molar-refractivity contribution in [1.82, 2.24) is 15.0 Å². The third-order valence-corrected chi connectivity index (χ3v) is 3.48. The number of hydrazone groups is 1. The van der Waals surface area contributed by atoms with E-state index >= 15 is 0 Å². The molecule has 2 N–H and O–H groups in total. The van der Waals surface area contributed by atoms with Crippen molar-refractivity contribution in [2.45, 2.75) is 13.5 Å². The first-order valence-corrected chi connectivity index (χ1v) is 7.17. The van der Waals surface area contributed by atoms with Gasteiger partial charge in [-0.15, -0.1) is 0 Å². The number of nitrogens with one attached hydrogen (secondary N) is 1. The Balaban J connectivity index is 1.70. The van der Waals surface area contributed by atoms with Crippen LogP contribution in [0.2, 0.25) is 0 Å². The monoisotopic (exact) mass is 308 g/mol. The van der Waals surface area contributed by atoms with Gasteiger partial charge in [0.25, 0.3) is 5.91 Å². The zero-order chi connectivity index (χ0) is 16.2. The van der Waals surface area contributed by atoms with E-state index < -0.39 is 0 Å².